The van der Waals surface area contributed by atoms with Crippen LogP contribution in [-0.4, -0.2) is 5.11 Å². The van der Waals surface area contributed by atoms with Gasteiger partial charge in [-0.15, -0.1) is 0 Å². The van der Waals surface area contributed by atoms with Crippen molar-refractivity contribution in [1.29, 1.82) is 0 Å². The monoisotopic (exact) mass is 342 g/mol. The lowest BCUT2D eigenvalue weighted by atomic mass is 10.0. The number of aliphatic hydroxyl groups is 1. The highest BCUT2D eigenvalue weighted by Gasteiger charge is 2.15. The van der Waals surface area contributed by atoms with Crippen LogP contribution in [0.5, 0.6) is 0 Å². The molecular formula is C15H13BrClFO. The van der Waals surface area contributed by atoms with Crippen molar-refractivity contribution in [3.63, 3.8) is 0 Å². The van der Waals surface area contributed by atoms with E-state index in [1.165, 1.54) is 6.07 Å². The molecule has 0 radical (unpaired) electrons. The average Bonchev–Trinajstić information content (AvgIpc) is 2.34. The van der Waals surface area contributed by atoms with E-state index in [9.17, 15) is 9.50 Å². The zero-order chi connectivity index (χ0) is 14.0. The molecule has 4 heteroatoms. The molecule has 0 fully saturated rings. The first-order valence-corrected chi connectivity index (χ1v) is 7.03. The molecule has 0 aliphatic rings. The zero-order valence-corrected chi connectivity index (χ0v) is 12.7. The van der Waals surface area contributed by atoms with Crippen molar-refractivity contribution < 1.29 is 9.50 Å². The second-order valence-electron chi connectivity index (χ2n) is 4.46. The summed E-state index contributed by atoms with van der Waals surface area (Å²) in [6.45, 7) is 1.97. The van der Waals surface area contributed by atoms with E-state index in [0.29, 0.717) is 5.56 Å². The molecule has 100 valence electrons. The van der Waals surface area contributed by atoms with Crippen molar-refractivity contribution >= 4 is 27.5 Å². The highest BCUT2D eigenvalue weighted by molar-refractivity contribution is 9.10. The van der Waals surface area contributed by atoms with Gasteiger partial charge in [0.25, 0.3) is 0 Å². The highest BCUT2D eigenvalue weighted by Crippen LogP contribution is 2.28. The molecule has 0 aliphatic carbocycles. The Labute approximate surface area is 125 Å². The van der Waals surface area contributed by atoms with Gasteiger partial charge in [-0.05, 0) is 35.7 Å². The molecule has 1 nitrogen and oxygen atoms in total. The quantitative estimate of drug-likeness (QED) is 0.846. The van der Waals surface area contributed by atoms with Crippen LogP contribution in [0, 0.1) is 12.7 Å². The molecule has 2 rings (SSSR count). The zero-order valence-electron chi connectivity index (χ0n) is 10.3. The normalized spacial score (nSPS) is 12.5. The Kier molecular flexibility index (Phi) is 4.61. The third-order valence-electron chi connectivity index (χ3n) is 2.96. The van der Waals surface area contributed by atoms with Gasteiger partial charge >= 0.3 is 0 Å². The van der Waals surface area contributed by atoms with Crippen LogP contribution < -0.4 is 0 Å². The van der Waals surface area contributed by atoms with Crippen LogP contribution in [0.4, 0.5) is 4.39 Å². The van der Waals surface area contributed by atoms with Gasteiger partial charge in [0.2, 0.25) is 0 Å². The number of halogens is 3. The Bertz CT molecular complexity index is 601. The summed E-state index contributed by atoms with van der Waals surface area (Å²) in [5, 5.41) is 10.3. The van der Waals surface area contributed by atoms with Gasteiger partial charge in [-0.1, -0.05) is 51.8 Å². The fourth-order valence-corrected chi connectivity index (χ4v) is 2.88. The first kappa shape index (κ1) is 14.5. The topological polar surface area (TPSA) is 20.2 Å². The molecule has 1 unspecified atom stereocenters. The Morgan fingerprint density at radius 1 is 1.32 bits per heavy atom. The van der Waals surface area contributed by atoms with Crippen LogP contribution in [-0.2, 0) is 6.42 Å². The minimum atomic E-state index is -0.775. The van der Waals surface area contributed by atoms with Crippen molar-refractivity contribution in [2.45, 2.75) is 19.4 Å². The maximum Gasteiger partial charge on any atom is 0.145 e. The van der Waals surface area contributed by atoms with E-state index in [1.54, 1.807) is 12.1 Å². The van der Waals surface area contributed by atoms with Crippen LogP contribution in [0.25, 0.3) is 0 Å². The van der Waals surface area contributed by atoms with E-state index in [1.807, 2.05) is 25.1 Å². The number of hydrogen-bond acceptors (Lipinski definition) is 1. The maximum absolute atomic E-state index is 13.8. The van der Waals surface area contributed by atoms with Crippen molar-refractivity contribution in [3.8, 4) is 0 Å². The van der Waals surface area contributed by atoms with Crippen molar-refractivity contribution in [3.05, 3.63) is 68.4 Å². The summed E-state index contributed by atoms with van der Waals surface area (Å²) in [6, 6.07) is 10.5. The van der Waals surface area contributed by atoms with Crippen molar-refractivity contribution in [2.24, 2.45) is 0 Å². The van der Waals surface area contributed by atoms with Crippen LogP contribution >= 0.6 is 27.5 Å². The lowest BCUT2D eigenvalue weighted by molar-refractivity contribution is 0.176. The molecule has 0 saturated heterocycles. The van der Waals surface area contributed by atoms with Crippen molar-refractivity contribution in [1.82, 2.24) is 0 Å². The highest BCUT2D eigenvalue weighted by atomic mass is 79.9. The lowest BCUT2D eigenvalue weighted by Gasteiger charge is -2.14. The Hall–Kier alpha value is -0.900. The molecule has 1 N–H and O–H groups in total. The third-order valence-corrected chi connectivity index (χ3v) is 3.94. The van der Waals surface area contributed by atoms with Crippen molar-refractivity contribution in [2.75, 3.05) is 0 Å². The number of aliphatic hydroxyl groups excluding tert-OH is 1. The van der Waals surface area contributed by atoms with E-state index in [4.69, 9.17) is 11.6 Å². The van der Waals surface area contributed by atoms with Gasteiger partial charge in [0.05, 0.1) is 11.1 Å². The van der Waals surface area contributed by atoms with Gasteiger partial charge in [-0.3, -0.25) is 0 Å². The van der Waals surface area contributed by atoms with Gasteiger partial charge in [-0.25, -0.2) is 4.39 Å². The van der Waals surface area contributed by atoms with Crippen LogP contribution in [0.1, 0.15) is 22.8 Å². The minimum Gasteiger partial charge on any atom is -0.388 e. The maximum atomic E-state index is 13.8. The number of benzene rings is 2. The molecule has 19 heavy (non-hydrogen) atoms. The number of aryl methyl sites for hydroxylation is 1. The van der Waals surface area contributed by atoms with E-state index in [0.717, 1.165) is 15.6 Å². The summed E-state index contributed by atoms with van der Waals surface area (Å²) in [4.78, 5) is 0. The van der Waals surface area contributed by atoms with E-state index in [-0.39, 0.29) is 11.4 Å². The summed E-state index contributed by atoms with van der Waals surface area (Å²) >= 11 is 9.14. The number of rotatable bonds is 3. The average molecular weight is 344 g/mol. The van der Waals surface area contributed by atoms with E-state index >= 15 is 0 Å². The van der Waals surface area contributed by atoms with Gasteiger partial charge in [0.1, 0.15) is 5.82 Å². The lowest BCUT2D eigenvalue weighted by Crippen LogP contribution is -2.04. The molecular weight excluding hydrogens is 331 g/mol. The predicted molar refractivity (Wildman–Crippen MR) is 79.0 cm³/mol. The molecule has 0 spiro atoms. The molecule has 0 amide bonds. The summed E-state index contributed by atoms with van der Waals surface area (Å²) in [6.07, 6.45) is -0.587. The largest absolute Gasteiger partial charge is 0.388 e. The molecule has 1 atom stereocenters. The third kappa shape index (κ3) is 3.35. The predicted octanol–water partition coefficient (Wildman–Crippen LogP) is 4.83. The molecule has 2 aromatic rings. The summed E-state index contributed by atoms with van der Waals surface area (Å²) in [5.41, 5.74) is 2.24. The Morgan fingerprint density at radius 3 is 2.74 bits per heavy atom. The van der Waals surface area contributed by atoms with Crippen LogP contribution in [0.15, 0.2) is 40.9 Å². The summed E-state index contributed by atoms with van der Waals surface area (Å²) in [7, 11) is 0. The summed E-state index contributed by atoms with van der Waals surface area (Å²) in [5.74, 6) is -0.466. The van der Waals surface area contributed by atoms with Gasteiger partial charge in [0, 0.05) is 10.9 Å². The Morgan fingerprint density at radius 2 is 2.05 bits per heavy atom. The first-order chi connectivity index (χ1) is 8.99. The van der Waals surface area contributed by atoms with E-state index in [2.05, 4.69) is 15.9 Å². The molecule has 2 aromatic carbocycles. The SMILES string of the molecule is Cc1ccc(C(O)Cc2cccc(Cl)c2F)c(Br)c1. The minimum absolute atomic E-state index is 0.0765. The Balaban J connectivity index is 2.25. The second-order valence-corrected chi connectivity index (χ2v) is 5.72. The fourth-order valence-electron chi connectivity index (χ4n) is 1.93. The smallest absolute Gasteiger partial charge is 0.145 e. The standard InChI is InChI=1S/C15H13BrClFO/c1-9-5-6-11(12(16)7-9)14(19)8-10-3-2-4-13(17)15(10)18/h2-7,14,19H,8H2,1H3. The van der Waals surface area contributed by atoms with Crippen LogP contribution in [0.2, 0.25) is 5.02 Å². The van der Waals surface area contributed by atoms with Gasteiger partial charge < -0.3 is 5.11 Å². The molecule has 0 aromatic heterocycles. The van der Waals surface area contributed by atoms with Gasteiger partial charge in [-0.2, -0.15) is 0 Å². The van der Waals surface area contributed by atoms with E-state index < -0.39 is 11.9 Å². The molecule has 0 saturated carbocycles. The summed E-state index contributed by atoms with van der Waals surface area (Å²) < 4.78 is 14.6. The van der Waals surface area contributed by atoms with Gasteiger partial charge in [0.15, 0.2) is 0 Å². The first-order valence-electron chi connectivity index (χ1n) is 5.86. The van der Waals surface area contributed by atoms with Crippen LogP contribution in [0.3, 0.4) is 0 Å². The molecule has 0 bridgehead atoms. The molecule has 0 aliphatic heterocycles. The second kappa shape index (κ2) is 6.04. The number of hydrogen-bond donors (Lipinski definition) is 1. The molecule has 0 heterocycles. The fraction of sp³-hybridized carbons (Fsp3) is 0.200.